The number of anilines is 2. The molecule has 0 radical (unpaired) electrons. The molecule has 0 heterocycles. The van der Waals surface area contributed by atoms with Crippen LogP contribution in [0, 0.1) is 28.4 Å². The average Bonchev–Trinajstić information content (AvgIpc) is 2.64. The number of hydrogen-bond acceptors (Lipinski definition) is 5. The number of halogens is 1. The molecule has 0 aliphatic heterocycles. The smallest absolute Gasteiger partial charge is 0.271 e. The third-order valence-electron chi connectivity index (χ3n) is 4.06. The first kappa shape index (κ1) is 20.9. The Morgan fingerprint density at radius 3 is 2.64 bits per heavy atom. The number of rotatable bonds is 6. The molecule has 1 amide bonds. The lowest BCUT2D eigenvalue weighted by molar-refractivity contribution is -0.384. The summed E-state index contributed by atoms with van der Waals surface area (Å²) >= 11 is 6.02. The third-order valence-corrected chi connectivity index (χ3v) is 4.39. The Morgan fingerprint density at radius 1 is 1.32 bits per heavy atom. The minimum absolute atomic E-state index is 0.162. The van der Waals surface area contributed by atoms with Crippen LogP contribution in [0.1, 0.15) is 30.9 Å². The third kappa shape index (κ3) is 4.87. The minimum Gasteiger partial charge on any atom is -0.359 e. The molecule has 8 heteroatoms. The number of para-hydroxylation sites is 1. The number of nitrogens with zero attached hydrogens (tertiary/aromatic N) is 2. The fourth-order valence-corrected chi connectivity index (χ4v) is 2.73. The number of amides is 1. The molecule has 0 aromatic heterocycles. The van der Waals surface area contributed by atoms with Crippen molar-refractivity contribution in [2.45, 2.75) is 26.7 Å². The normalized spacial score (nSPS) is 11.1. The van der Waals surface area contributed by atoms with Gasteiger partial charge in [0.1, 0.15) is 11.6 Å². The molecule has 0 fully saturated rings. The van der Waals surface area contributed by atoms with Gasteiger partial charge in [-0.25, -0.2) is 0 Å². The van der Waals surface area contributed by atoms with Gasteiger partial charge >= 0.3 is 0 Å². The van der Waals surface area contributed by atoms with Gasteiger partial charge in [-0.15, -0.1) is 0 Å². The maximum Gasteiger partial charge on any atom is 0.271 e. The summed E-state index contributed by atoms with van der Waals surface area (Å²) in [6.07, 6.45) is 1.17. The fraction of sp³-hybridized carbons (Fsp3) is 0.200. The zero-order chi connectivity index (χ0) is 20.8. The van der Waals surface area contributed by atoms with Gasteiger partial charge in [0.05, 0.1) is 15.6 Å². The van der Waals surface area contributed by atoms with E-state index >= 15 is 0 Å². The SMILES string of the molecule is Cc1cccc(C(C)C)c1NC(=O)/C(C#N)=C\Nc1cc([N+](=O)[O-])ccc1Cl. The van der Waals surface area contributed by atoms with Gasteiger partial charge in [0.25, 0.3) is 11.6 Å². The van der Waals surface area contributed by atoms with E-state index < -0.39 is 10.8 Å². The lowest BCUT2D eigenvalue weighted by Crippen LogP contribution is -2.17. The summed E-state index contributed by atoms with van der Waals surface area (Å²) in [5, 5.41) is 25.9. The van der Waals surface area contributed by atoms with Gasteiger partial charge in [0, 0.05) is 24.0 Å². The van der Waals surface area contributed by atoms with Gasteiger partial charge in [-0.05, 0) is 30.0 Å². The maximum atomic E-state index is 12.6. The van der Waals surface area contributed by atoms with Gasteiger partial charge in [-0.3, -0.25) is 14.9 Å². The Hall–Kier alpha value is -3.37. The highest BCUT2D eigenvalue weighted by Gasteiger charge is 2.16. The van der Waals surface area contributed by atoms with E-state index in [2.05, 4.69) is 10.6 Å². The molecule has 2 N–H and O–H groups in total. The van der Waals surface area contributed by atoms with Crippen LogP contribution < -0.4 is 10.6 Å². The van der Waals surface area contributed by atoms with Crippen LogP contribution >= 0.6 is 11.6 Å². The number of aryl methyl sites for hydroxylation is 1. The molecule has 7 nitrogen and oxygen atoms in total. The molecule has 2 aromatic carbocycles. The number of benzene rings is 2. The Morgan fingerprint density at radius 2 is 2.04 bits per heavy atom. The van der Waals surface area contributed by atoms with Crippen molar-refractivity contribution in [2.75, 3.05) is 10.6 Å². The van der Waals surface area contributed by atoms with Crippen LogP contribution in [0.4, 0.5) is 17.1 Å². The van der Waals surface area contributed by atoms with Crippen molar-refractivity contribution in [2.24, 2.45) is 0 Å². The number of nitrogens with one attached hydrogen (secondary N) is 2. The van der Waals surface area contributed by atoms with Crippen LogP contribution in [-0.2, 0) is 4.79 Å². The average molecular weight is 399 g/mol. The maximum absolute atomic E-state index is 12.6. The molecule has 2 aromatic rings. The lowest BCUT2D eigenvalue weighted by atomic mass is 9.98. The second kappa shape index (κ2) is 9.02. The topological polar surface area (TPSA) is 108 Å². The number of nitriles is 1. The van der Waals surface area contributed by atoms with Crippen molar-refractivity contribution >= 4 is 34.6 Å². The quantitative estimate of drug-likeness (QED) is 0.303. The second-order valence-electron chi connectivity index (χ2n) is 6.38. The minimum atomic E-state index is -0.590. The van der Waals surface area contributed by atoms with Crippen molar-refractivity contribution in [1.82, 2.24) is 0 Å². The van der Waals surface area contributed by atoms with Gasteiger partial charge in [0.15, 0.2) is 0 Å². The van der Waals surface area contributed by atoms with Crippen LogP contribution in [0.15, 0.2) is 48.2 Å². The lowest BCUT2D eigenvalue weighted by Gasteiger charge is -2.16. The van der Waals surface area contributed by atoms with Crippen LogP contribution in [0.25, 0.3) is 0 Å². The van der Waals surface area contributed by atoms with Crippen molar-refractivity contribution in [3.05, 3.63) is 74.4 Å². The summed E-state index contributed by atoms with van der Waals surface area (Å²) < 4.78 is 0. The number of non-ortho nitro benzene ring substituents is 1. The molecule has 0 atom stereocenters. The first-order valence-electron chi connectivity index (χ1n) is 8.46. The highest BCUT2D eigenvalue weighted by atomic mass is 35.5. The highest BCUT2D eigenvalue weighted by molar-refractivity contribution is 6.33. The summed E-state index contributed by atoms with van der Waals surface area (Å²) in [5.41, 5.74) is 2.37. The van der Waals surface area contributed by atoms with Crippen molar-refractivity contribution in [3.63, 3.8) is 0 Å². The molecule has 0 unspecified atom stereocenters. The van der Waals surface area contributed by atoms with E-state index in [1.165, 1.54) is 24.4 Å². The number of hydrogen-bond donors (Lipinski definition) is 2. The molecule has 0 saturated heterocycles. The van der Waals surface area contributed by atoms with Gasteiger partial charge in [0.2, 0.25) is 0 Å². The molecule has 0 aliphatic carbocycles. The number of carbonyl (C=O) groups excluding carboxylic acids is 1. The standard InChI is InChI=1S/C20H19ClN4O3/c1-12(2)16-6-4-5-13(3)19(16)24-20(26)14(10-22)11-23-18-9-15(25(27)28)7-8-17(18)21/h4-9,11-12,23H,1-3H3,(H,24,26)/b14-11-. The monoisotopic (exact) mass is 398 g/mol. The number of nitro benzene ring substituents is 1. The van der Waals surface area contributed by atoms with Gasteiger partial charge < -0.3 is 10.6 Å². The Balaban J connectivity index is 2.27. The first-order valence-corrected chi connectivity index (χ1v) is 8.84. The van der Waals surface area contributed by atoms with E-state index in [0.29, 0.717) is 5.69 Å². The summed E-state index contributed by atoms with van der Waals surface area (Å²) in [5.74, 6) is -0.403. The van der Waals surface area contributed by atoms with E-state index in [1.807, 2.05) is 45.0 Å². The zero-order valence-electron chi connectivity index (χ0n) is 15.6. The van der Waals surface area contributed by atoms with Crippen molar-refractivity contribution in [1.29, 1.82) is 5.26 Å². The molecule has 0 saturated carbocycles. The molecular formula is C20H19ClN4O3. The second-order valence-corrected chi connectivity index (χ2v) is 6.79. The Kier molecular flexibility index (Phi) is 6.74. The molecular weight excluding hydrogens is 380 g/mol. The highest BCUT2D eigenvalue weighted by Crippen LogP contribution is 2.29. The molecule has 0 aliphatic rings. The van der Waals surface area contributed by atoms with E-state index in [1.54, 1.807) is 0 Å². The van der Waals surface area contributed by atoms with E-state index in [-0.39, 0.29) is 27.9 Å². The molecule has 144 valence electrons. The summed E-state index contributed by atoms with van der Waals surface area (Å²) in [6, 6.07) is 11.4. The summed E-state index contributed by atoms with van der Waals surface area (Å²) in [6.45, 7) is 5.90. The predicted octanol–water partition coefficient (Wildman–Crippen LogP) is 5.14. The Bertz CT molecular complexity index is 993. The molecule has 2 rings (SSSR count). The number of nitro groups is 1. The van der Waals surface area contributed by atoms with Crippen LogP contribution in [-0.4, -0.2) is 10.8 Å². The van der Waals surface area contributed by atoms with E-state index in [4.69, 9.17) is 11.6 Å². The first-order chi connectivity index (χ1) is 13.2. The van der Waals surface area contributed by atoms with E-state index in [9.17, 15) is 20.2 Å². The molecule has 28 heavy (non-hydrogen) atoms. The van der Waals surface area contributed by atoms with Crippen LogP contribution in [0.2, 0.25) is 5.02 Å². The molecule has 0 bridgehead atoms. The van der Waals surface area contributed by atoms with E-state index in [0.717, 1.165) is 11.1 Å². The number of carbonyl (C=O) groups is 1. The van der Waals surface area contributed by atoms with Gasteiger partial charge in [-0.1, -0.05) is 43.6 Å². The zero-order valence-corrected chi connectivity index (χ0v) is 16.4. The largest absolute Gasteiger partial charge is 0.359 e. The van der Waals surface area contributed by atoms with Gasteiger partial charge in [-0.2, -0.15) is 5.26 Å². The fourth-order valence-electron chi connectivity index (χ4n) is 2.56. The van der Waals surface area contributed by atoms with Crippen molar-refractivity contribution in [3.8, 4) is 6.07 Å². The molecule has 0 spiro atoms. The predicted molar refractivity (Wildman–Crippen MR) is 109 cm³/mol. The summed E-state index contributed by atoms with van der Waals surface area (Å²) in [4.78, 5) is 22.9. The Labute approximate surface area is 167 Å². The van der Waals surface area contributed by atoms with Crippen LogP contribution in [0.3, 0.4) is 0 Å². The summed E-state index contributed by atoms with van der Waals surface area (Å²) in [7, 11) is 0. The van der Waals surface area contributed by atoms with Crippen LogP contribution in [0.5, 0.6) is 0 Å². The van der Waals surface area contributed by atoms with Crippen molar-refractivity contribution < 1.29 is 9.72 Å².